The number of carbonyl (C=O) groups is 1. The molecule has 0 unspecified atom stereocenters. The third kappa shape index (κ3) is 3.47. The maximum absolute atomic E-state index is 12.8. The van der Waals surface area contributed by atoms with Gasteiger partial charge < -0.3 is 24.3 Å². The maximum Gasteiger partial charge on any atom is 0.256 e. The molecule has 0 bridgehead atoms. The molecule has 1 aliphatic rings. The van der Waals surface area contributed by atoms with Gasteiger partial charge in [0.05, 0.1) is 14.2 Å². The summed E-state index contributed by atoms with van der Waals surface area (Å²) in [4.78, 5) is 12.8. The van der Waals surface area contributed by atoms with Gasteiger partial charge in [-0.05, 0) is 36.2 Å². The Bertz CT molecular complexity index is 788. The number of methoxy groups -OCH3 is 2. The first kappa shape index (κ1) is 17.0. The Labute approximate surface area is 146 Å². The molecule has 1 N–H and O–H groups in total. The van der Waals surface area contributed by atoms with E-state index in [1.807, 2.05) is 13.0 Å². The van der Waals surface area contributed by atoms with E-state index >= 15 is 0 Å². The standard InChI is InChI=1S/C19H21NO5/c1-4-12-9-16(22-2)17(23-3)11-14(12)19(21)20-13-5-6-15-18(10-13)25-8-7-24-15/h5-6,9-11H,4,7-8H2,1-3H3,(H,20,21). The Morgan fingerprint density at radius 1 is 1.04 bits per heavy atom. The van der Waals surface area contributed by atoms with E-state index in [0.717, 1.165) is 5.56 Å². The van der Waals surface area contributed by atoms with Crippen LogP contribution in [0, 0.1) is 0 Å². The Kier molecular flexibility index (Phi) is 4.97. The summed E-state index contributed by atoms with van der Waals surface area (Å²) in [6.07, 6.45) is 0.699. The van der Waals surface area contributed by atoms with Crippen molar-refractivity contribution >= 4 is 11.6 Å². The van der Waals surface area contributed by atoms with Crippen LogP contribution in [-0.2, 0) is 6.42 Å². The van der Waals surface area contributed by atoms with Gasteiger partial charge in [0.2, 0.25) is 0 Å². The fraction of sp³-hybridized carbons (Fsp3) is 0.316. The van der Waals surface area contributed by atoms with Crippen molar-refractivity contribution in [2.75, 3.05) is 32.8 Å². The van der Waals surface area contributed by atoms with Gasteiger partial charge in [-0.2, -0.15) is 0 Å². The number of rotatable bonds is 5. The van der Waals surface area contributed by atoms with E-state index in [0.29, 0.717) is 53.9 Å². The normalized spacial score (nSPS) is 12.4. The second-order valence-electron chi connectivity index (χ2n) is 5.53. The molecule has 0 spiro atoms. The van der Waals surface area contributed by atoms with Crippen molar-refractivity contribution in [1.82, 2.24) is 0 Å². The van der Waals surface area contributed by atoms with E-state index in [2.05, 4.69) is 5.32 Å². The molecule has 0 atom stereocenters. The lowest BCUT2D eigenvalue weighted by molar-refractivity contribution is 0.102. The quantitative estimate of drug-likeness (QED) is 0.902. The highest BCUT2D eigenvalue weighted by Gasteiger charge is 2.18. The molecule has 0 aliphatic carbocycles. The number of nitrogens with one attached hydrogen (secondary N) is 1. The molecule has 1 amide bonds. The van der Waals surface area contributed by atoms with Crippen LogP contribution in [-0.4, -0.2) is 33.3 Å². The van der Waals surface area contributed by atoms with E-state index in [1.54, 1.807) is 38.5 Å². The summed E-state index contributed by atoms with van der Waals surface area (Å²) in [6, 6.07) is 8.87. The second-order valence-corrected chi connectivity index (χ2v) is 5.53. The van der Waals surface area contributed by atoms with E-state index in [4.69, 9.17) is 18.9 Å². The molecule has 25 heavy (non-hydrogen) atoms. The summed E-state index contributed by atoms with van der Waals surface area (Å²) in [5, 5.41) is 2.90. The van der Waals surface area contributed by atoms with Crippen LogP contribution >= 0.6 is 0 Å². The number of anilines is 1. The van der Waals surface area contributed by atoms with Crippen LogP contribution in [0.1, 0.15) is 22.8 Å². The van der Waals surface area contributed by atoms with Gasteiger partial charge in [-0.3, -0.25) is 4.79 Å². The van der Waals surface area contributed by atoms with Gasteiger partial charge in [0.25, 0.3) is 5.91 Å². The average molecular weight is 343 g/mol. The number of carbonyl (C=O) groups excluding carboxylic acids is 1. The third-order valence-corrected chi connectivity index (χ3v) is 4.03. The second kappa shape index (κ2) is 7.34. The van der Waals surface area contributed by atoms with Crippen LogP contribution < -0.4 is 24.3 Å². The van der Waals surface area contributed by atoms with Gasteiger partial charge in [0, 0.05) is 17.3 Å². The maximum atomic E-state index is 12.8. The molecule has 2 aromatic carbocycles. The smallest absolute Gasteiger partial charge is 0.256 e. The molecule has 1 aliphatic heterocycles. The van der Waals surface area contributed by atoms with E-state index in [-0.39, 0.29) is 5.91 Å². The minimum atomic E-state index is -0.213. The lowest BCUT2D eigenvalue weighted by Crippen LogP contribution is -2.17. The molecule has 0 aromatic heterocycles. The Morgan fingerprint density at radius 2 is 1.72 bits per heavy atom. The minimum Gasteiger partial charge on any atom is -0.493 e. The fourth-order valence-corrected chi connectivity index (χ4v) is 2.74. The largest absolute Gasteiger partial charge is 0.493 e. The third-order valence-electron chi connectivity index (χ3n) is 4.03. The fourth-order valence-electron chi connectivity index (χ4n) is 2.74. The molecule has 132 valence electrons. The van der Waals surface area contributed by atoms with Crippen molar-refractivity contribution < 1.29 is 23.7 Å². The topological polar surface area (TPSA) is 66.0 Å². The molecule has 0 radical (unpaired) electrons. The number of aryl methyl sites for hydroxylation is 1. The van der Waals surface area contributed by atoms with Crippen LogP contribution in [0.25, 0.3) is 0 Å². The van der Waals surface area contributed by atoms with Crippen molar-refractivity contribution in [2.24, 2.45) is 0 Å². The number of hydrogen-bond acceptors (Lipinski definition) is 5. The first-order valence-electron chi connectivity index (χ1n) is 8.12. The molecule has 2 aromatic rings. The van der Waals surface area contributed by atoms with Crippen molar-refractivity contribution in [3.63, 3.8) is 0 Å². The molecular weight excluding hydrogens is 322 g/mol. The van der Waals surface area contributed by atoms with Crippen LogP contribution in [0.4, 0.5) is 5.69 Å². The van der Waals surface area contributed by atoms with Gasteiger partial charge in [0.1, 0.15) is 13.2 Å². The first-order valence-corrected chi connectivity index (χ1v) is 8.12. The van der Waals surface area contributed by atoms with E-state index < -0.39 is 0 Å². The summed E-state index contributed by atoms with van der Waals surface area (Å²) in [5.74, 6) is 2.23. The highest BCUT2D eigenvalue weighted by molar-refractivity contribution is 6.06. The van der Waals surface area contributed by atoms with Gasteiger partial charge >= 0.3 is 0 Å². The monoisotopic (exact) mass is 343 g/mol. The van der Waals surface area contributed by atoms with Crippen molar-refractivity contribution in [1.29, 1.82) is 0 Å². The highest BCUT2D eigenvalue weighted by atomic mass is 16.6. The van der Waals surface area contributed by atoms with Crippen molar-refractivity contribution in [3.8, 4) is 23.0 Å². The lowest BCUT2D eigenvalue weighted by Gasteiger charge is -2.19. The van der Waals surface area contributed by atoms with Crippen LogP contribution in [0.2, 0.25) is 0 Å². The molecule has 0 saturated carbocycles. The molecule has 6 heteroatoms. The Balaban J connectivity index is 1.88. The Hall–Kier alpha value is -2.89. The predicted octanol–water partition coefficient (Wildman–Crippen LogP) is 3.29. The summed E-state index contributed by atoms with van der Waals surface area (Å²) in [7, 11) is 3.12. The summed E-state index contributed by atoms with van der Waals surface area (Å²) >= 11 is 0. The van der Waals surface area contributed by atoms with Gasteiger partial charge in [-0.15, -0.1) is 0 Å². The van der Waals surface area contributed by atoms with E-state index in [1.165, 1.54) is 0 Å². The zero-order valence-electron chi connectivity index (χ0n) is 14.5. The van der Waals surface area contributed by atoms with Crippen LogP contribution in [0.3, 0.4) is 0 Å². The summed E-state index contributed by atoms with van der Waals surface area (Å²) < 4.78 is 21.7. The molecule has 6 nitrogen and oxygen atoms in total. The van der Waals surface area contributed by atoms with Crippen LogP contribution in [0.15, 0.2) is 30.3 Å². The average Bonchev–Trinajstić information content (AvgIpc) is 2.66. The molecular formula is C19H21NO5. The van der Waals surface area contributed by atoms with Crippen molar-refractivity contribution in [2.45, 2.75) is 13.3 Å². The number of fused-ring (bicyclic) bond motifs is 1. The number of benzene rings is 2. The molecule has 0 fully saturated rings. The van der Waals surface area contributed by atoms with Gasteiger partial charge in [-0.1, -0.05) is 6.92 Å². The highest BCUT2D eigenvalue weighted by Crippen LogP contribution is 2.34. The molecule has 0 saturated heterocycles. The van der Waals surface area contributed by atoms with Gasteiger partial charge in [0.15, 0.2) is 23.0 Å². The number of hydrogen-bond donors (Lipinski definition) is 1. The van der Waals surface area contributed by atoms with Gasteiger partial charge in [-0.25, -0.2) is 0 Å². The molecule has 1 heterocycles. The molecule has 3 rings (SSSR count). The van der Waals surface area contributed by atoms with E-state index in [9.17, 15) is 4.79 Å². The number of ether oxygens (including phenoxy) is 4. The SMILES string of the molecule is CCc1cc(OC)c(OC)cc1C(=O)Nc1ccc2c(c1)OCCO2. The zero-order valence-corrected chi connectivity index (χ0v) is 14.5. The number of amides is 1. The first-order chi connectivity index (χ1) is 12.2. The zero-order chi connectivity index (χ0) is 17.8. The summed E-state index contributed by atoms with van der Waals surface area (Å²) in [6.45, 7) is 3.02. The summed E-state index contributed by atoms with van der Waals surface area (Å²) in [5.41, 5.74) is 2.08. The predicted molar refractivity (Wildman–Crippen MR) is 94.3 cm³/mol. The van der Waals surface area contributed by atoms with Crippen LogP contribution in [0.5, 0.6) is 23.0 Å². The minimum absolute atomic E-state index is 0.213. The lowest BCUT2D eigenvalue weighted by atomic mass is 10.0. The Morgan fingerprint density at radius 3 is 2.40 bits per heavy atom. The van der Waals surface area contributed by atoms with Crippen molar-refractivity contribution in [3.05, 3.63) is 41.5 Å².